The highest BCUT2D eigenvalue weighted by molar-refractivity contribution is 5.78. The number of benzene rings is 1. The van der Waals surface area contributed by atoms with Gasteiger partial charge in [-0.25, -0.2) is 0 Å². The molecule has 0 radical (unpaired) electrons. The normalized spacial score (nSPS) is 13.9. The third-order valence-electron chi connectivity index (χ3n) is 3.17. The molecule has 0 fully saturated rings. The molecule has 3 heteroatoms. The van der Waals surface area contributed by atoms with Crippen molar-refractivity contribution in [1.82, 2.24) is 10.6 Å². The molecular weight excluding hydrogens is 236 g/mol. The van der Waals surface area contributed by atoms with E-state index >= 15 is 0 Å². The first-order valence-corrected chi connectivity index (χ1v) is 6.94. The van der Waals surface area contributed by atoms with Crippen LogP contribution in [0.3, 0.4) is 0 Å². The monoisotopic (exact) mass is 262 g/mol. The van der Waals surface area contributed by atoms with Gasteiger partial charge in [-0.15, -0.1) is 0 Å². The maximum absolute atomic E-state index is 11.9. The molecular formula is C16H26N2O. The Labute approximate surface area is 116 Å². The molecule has 0 aliphatic rings. The van der Waals surface area contributed by atoms with E-state index in [1.54, 1.807) is 0 Å². The topological polar surface area (TPSA) is 41.1 Å². The Morgan fingerprint density at radius 2 is 1.74 bits per heavy atom. The van der Waals surface area contributed by atoms with Crippen molar-refractivity contribution in [3.8, 4) is 0 Å². The molecule has 3 nitrogen and oxygen atoms in total. The lowest BCUT2D eigenvalue weighted by Crippen LogP contribution is -2.40. The van der Waals surface area contributed by atoms with Crippen LogP contribution in [0.1, 0.15) is 30.5 Å². The predicted octanol–water partition coefficient (Wildman–Crippen LogP) is 2.21. The van der Waals surface area contributed by atoms with Gasteiger partial charge in [0.1, 0.15) is 0 Å². The average molecular weight is 262 g/mol. The van der Waals surface area contributed by atoms with E-state index in [1.165, 1.54) is 16.7 Å². The van der Waals surface area contributed by atoms with Crippen LogP contribution < -0.4 is 10.6 Å². The summed E-state index contributed by atoms with van der Waals surface area (Å²) in [5.41, 5.74) is 3.83. The van der Waals surface area contributed by atoms with Gasteiger partial charge in [0.05, 0.1) is 0 Å². The number of rotatable bonds is 6. The van der Waals surface area contributed by atoms with Gasteiger partial charge in [-0.2, -0.15) is 0 Å². The minimum Gasteiger partial charge on any atom is -0.353 e. The van der Waals surface area contributed by atoms with Gasteiger partial charge in [0.2, 0.25) is 5.91 Å². The molecule has 1 amide bonds. The summed E-state index contributed by atoms with van der Waals surface area (Å²) in [6.45, 7) is 8.92. The number of carbonyl (C=O) groups excluding carboxylic acids is 1. The van der Waals surface area contributed by atoms with Gasteiger partial charge in [0, 0.05) is 18.5 Å². The SMILES string of the molecule is CNCC(C)C(=O)NC(C)Cc1cc(C)cc(C)c1. The molecule has 0 aliphatic heterocycles. The van der Waals surface area contributed by atoms with Crippen LogP contribution in [0.5, 0.6) is 0 Å². The maximum atomic E-state index is 11.9. The molecule has 2 unspecified atom stereocenters. The molecule has 1 aromatic rings. The molecule has 2 N–H and O–H groups in total. The van der Waals surface area contributed by atoms with Gasteiger partial charge in [0.25, 0.3) is 0 Å². The van der Waals surface area contributed by atoms with E-state index in [-0.39, 0.29) is 17.9 Å². The molecule has 0 spiro atoms. The second kappa shape index (κ2) is 7.29. The standard InChI is InChI=1S/C16H26N2O/c1-11-6-12(2)8-15(7-11)9-14(4)18-16(19)13(3)10-17-5/h6-8,13-14,17H,9-10H2,1-5H3,(H,18,19). The Kier molecular flexibility index (Phi) is 6.03. The van der Waals surface area contributed by atoms with Crippen LogP contribution in [0.25, 0.3) is 0 Å². The van der Waals surface area contributed by atoms with Crippen LogP contribution in [0.15, 0.2) is 18.2 Å². The number of hydrogen-bond acceptors (Lipinski definition) is 2. The van der Waals surface area contributed by atoms with E-state index in [2.05, 4.69) is 49.6 Å². The zero-order valence-electron chi connectivity index (χ0n) is 12.7. The van der Waals surface area contributed by atoms with Crippen molar-refractivity contribution >= 4 is 5.91 Å². The Hall–Kier alpha value is -1.35. The van der Waals surface area contributed by atoms with E-state index in [0.29, 0.717) is 6.54 Å². The predicted molar refractivity (Wildman–Crippen MR) is 80.3 cm³/mol. The van der Waals surface area contributed by atoms with Crippen molar-refractivity contribution in [2.75, 3.05) is 13.6 Å². The van der Waals surface area contributed by atoms with Crippen molar-refractivity contribution in [2.24, 2.45) is 5.92 Å². The van der Waals surface area contributed by atoms with E-state index in [4.69, 9.17) is 0 Å². The zero-order chi connectivity index (χ0) is 14.4. The number of carbonyl (C=O) groups is 1. The van der Waals surface area contributed by atoms with E-state index < -0.39 is 0 Å². The second-order valence-electron chi connectivity index (χ2n) is 5.57. The summed E-state index contributed by atoms with van der Waals surface area (Å²) in [4.78, 5) is 11.9. The first-order chi connectivity index (χ1) is 8.92. The molecule has 1 rings (SSSR count). The van der Waals surface area contributed by atoms with Gasteiger partial charge < -0.3 is 10.6 Å². The van der Waals surface area contributed by atoms with Crippen LogP contribution in [-0.2, 0) is 11.2 Å². The van der Waals surface area contributed by atoms with Crippen molar-refractivity contribution in [2.45, 2.75) is 40.2 Å². The fourth-order valence-electron chi connectivity index (χ4n) is 2.38. The van der Waals surface area contributed by atoms with Crippen molar-refractivity contribution in [1.29, 1.82) is 0 Å². The number of aryl methyl sites for hydroxylation is 2. The summed E-state index contributed by atoms with van der Waals surface area (Å²) in [7, 11) is 1.86. The second-order valence-corrected chi connectivity index (χ2v) is 5.57. The number of amides is 1. The minimum absolute atomic E-state index is 0.00620. The highest BCUT2D eigenvalue weighted by atomic mass is 16.1. The number of hydrogen-bond donors (Lipinski definition) is 2. The third-order valence-corrected chi connectivity index (χ3v) is 3.17. The highest BCUT2D eigenvalue weighted by Crippen LogP contribution is 2.11. The van der Waals surface area contributed by atoms with E-state index in [9.17, 15) is 4.79 Å². The molecule has 0 saturated carbocycles. The van der Waals surface area contributed by atoms with E-state index in [1.807, 2.05) is 14.0 Å². The molecule has 0 heterocycles. The lowest BCUT2D eigenvalue weighted by atomic mass is 10.0. The fraction of sp³-hybridized carbons (Fsp3) is 0.562. The Bertz CT molecular complexity index is 409. The van der Waals surface area contributed by atoms with Crippen molar-refractivity contribution in [3.05, 3.63) is 34.9 Å². The lowest BCUT2D eigenvalue weighted by Gasteiger charge is -2.18. The molecule has 2 atom stereocenters. The summed E-state index contributed by atoms with van der Waals surface area (Å²) in [5.74, 6) is 0.123. The first-order valence-electron chi connectivity index (χ1n) is 6.94. The minimum atomic E-state index is 0.00620. The van der Waals surface area contributed by atoms with Crippen molar-refractivity contribution in [3.63, 3.8) is 0 Å². The molecule has 0 bridgehead atoms. The van der Waals surface area contributed by atoms with Crippen LogP contribution in [0.4, 0.5) is 0 Å². The summed E-state index contributed by atoms with van der Waals surface area (Å²) in [5, 5.41) is 6.10. The highest BCUT2D eigenvalue weighted by Gasteiger charge is 2.14. The summed E-state index contributed by atoms with van der Waals surface area (Å²) in [6.07, 6.45) is 0.876. The molecule has 0 saturated heterocycles. The van der Waals surface area contributed by atoms with Gasteiger partial charge in [-0.05, 0) is 39.8 Å². The summed E-state index contributed by atoms with van der Waals surface area (Å²) < 4.78 is 0. The first kappa shape index (κ1) is 15.7. The van der Waals surface area contributed by atoms with Gasteiger partial charge in [-0.1, -0.05) is 36.2 Å². The van der Waals surface area contributed by atoms with Crippen LogP contribution >= 0.6 is 0 Å². The van der Waals surface area contributed by atoms with Gasteiger partial charge >= 0.3 is 0 Å². The smallest absolute Gasteiger partial charge is 0.224 e. The van der Waals surface area contributed by atoms with Crippen LogP contribution in [0.2, 0.25) is 0 Å². The molecule has 19 heavy (non-hydrogen) atoms. The van der Waals surface area contributed by atoms with Gasteiger partial charge in [-0.3, -0.25) is 4.79 Å². The Morgan fingerprint density at radius 1 is 1.16 bits per heavy atom. The van der Waals surface area contributed by atoms with Crippen LogP contribution in [-0.4, -0.2) is 25.5 Å². The number of nitrogens with one attached hydrogen (secondary N) is 2. The average Bonchev–Trinajstić information content (AvgIpc) is 2.27. The third kappa shape index (κ3) is 5.43. The van der Waals surface area contributed by atoms with Crippen molar-refractivity contribution < 1.29 is 4.79 Å². The molecule has 1 aromatic carbocycles. The summed E-state index contributed by atoms with van der Waals surface area (Å²) >= 11 is 0. The van der Waals surface area contributed by atoms with Crippen LogP contribution in [0, 0.1) is 19.8 Å². The lowest BCUT2D eigenvalue weighted by molar-refractivity contribution is -0.124. The maximum Gasteiger partial charge on any atom is 0.224 e. The molecule has 0 aromatic heterocycles. The Balaban J connectivity index is 2.55. The van der Waals surface area contributed by atoms with E-state index in [0.717, 1.165) is 6.42 Å². The zero-order valence-corrected chi connectivity index (χ0v) is 12.7. The quantitative estimate of drug-likeness (QED) is 0.825. The fourth-order valence-corrected chi connectivity index (χ4v) is 2.38. The molecule has 106 valence electrons. The molecule has 0 aliphatic carbocycles. The summed E-state index contributed by atoms with van der Waals surface area (Å²) in [6, 6.07) is 6.70. The van der Waals surface area contributed by atoms with Gasteiger partial charge in [0.15, 0.2) is 0 Å². The Morgan fingerprint density at radius 3 is 2.26 bits per heavy atom. The largest absolute Gasteiger partial charge is 0.353 e.